The highest BCUT2D eigenvalue weighted by Gasteiger charge is 2.10. The molecule has 0 aliphatic rings. The fourth-order valence-electron chi connectivity index (χ4n) is 2.69. The minimum absolute atomic E-state index is 0.301. The predicted molar refractivity (Wildman–Crippen MR) is 94.2 cm³/mol. The van der Waals surface area contributed by atoms with Gasteiger partial charge in [-0.2, -0.15) is 0 Å². The third kappa shape index (κ3) is 3.17. The summed E-state index contributed by atoms with van der Waals surface area (Å²) in [6.07, 6.45) is 0. The molecule has 0 radical (unpaired) electrons. The van der Waals surface area contributed by atoms with Crippen molar-refractivity contribution in [2.45, 2.75) is 20.8 Å². The van der Waals surface area contributed by atoms with E-state index in [1.165, 1.54) is 10.4 Å². The van der Waals surface area contributed by atoms with Gasteiger partial charge in [0.05, 0.1) is 21.1 Å². The summed E-state index contributed by atoms with van der Waals surface area (Å²) >= 11 is 1.70. The lowest BCUT2D eigenvalue weighted by atomic mass is 9.98. The Morgan fingerprint density at radius 2 is 1.61 bits per heavy atom. The van der Waals surface area contributed by atoms with Crippen LogP contribution in [0, 0.1) is 20.8 Å². The first-order chi connectivity index (χ1) is 10.9. The smallest absolute Gasteiger partial charge is 0.335 e. The van der Waals surface area contributed by atoms with E-state index in [-0.39, 0.29) is 0 Å². The Labute approximate surface area is 139 Å². The number of carbonyl (C=O) groups is 1. The van der Waals surface area contributed by atoms with Crippen molar-refractivity contribution in [2.24, 2.45) is 0 Å². The number of hydrogen-bond acceptors (Lipinski definition) is 3. The van der Waals surface area contributed by atoms with Crippen LogP contribution in [-0.2, 0) is 0 Å². The monoisotopic (exact) mass is 323 g/mol. The molecule has 3 aromatic rings. The maximum absolute atomic E-state index is 11.0. The van der Waals surface area contributed by atoms with E-state index in [1.807, 2.05) is 26.0 Å². The Balaban J connectivity index is 2.07. The summed E-state index contributed by atoms with van der Waals surface area (Å²) in [6, 6.07) is 13.4. The van der Waals surface area contributed by atoms with Crippen LogP contribution < -0.4 is 0 Å². The van der Waals surface area contributed by atoms with Gasteiger partial charge in [0.1, 0.15) is 0 Å². The van der Waals surface area contributed by atoms with E-state index in [4.69, 9.17) is 5.11 Å². The summed E-state index contributed by atoms with van der Waals surface area (Å²) in [7, 11) is 0. The van der Waals surface area contributed by atoms with Crippen molar-refractivity contribution in [3.05, 3.63) is 64.3 Å². The van der Waals surface area contributed by atoms with Crippen LogP contribution >= 0.6 is 11.3 Å². The first-order valence-corrected chi connectivity index (χ1v) is 8.15. The Morgan fingerprint density at radius 3 is 2.17 bits per heavy atom. The first kappa shape index (κ1) is 15.4. The van der Waals surface area contributed by atoms with E-state index in [9.17, 15) is 4.79 Å². The molecule has 0 aliphatic carbocycles. The van der Waals surface area contributed by atoms with E-state index < -0.39 is 5.97 Å². The summed E-state index contributed by atoms with van der Waals surface area (Å²) in [6.45, 7) is 6.12. The molecule has 0 bridgehead atoms. The lowest BCUT2D eigenvalue weighted by molar-refractivity contribution is 0.0697. The van der Waals surface area contributed by atoms with Gasteiger partial charge in [-0.3, -0.25) is 0 Å². The predicted octanol–water partition coefficient (Wildman–Crippen LogP) is 5.10. The first-order valence-electron chi connectivity index (χ1n) is 7.34. The number of aryl methyl sites for hydroxylation is 3. The van der Waals surface area contributed by atoms with Crippen LogP contribution in [0.4, 0.5) is 0 Å². The fourth-order valence-corrected chi connectivity index (χ4v) is 3.59. The van der Waals surface area contributed by atoms with E-state index in [0.717, 1.165) is 27.4 Å². The van der Waals surface area contributed by atoms with Gasteiger partial charge in [-0.15, -0.1) is 11.3 Å². The fraction of sp³-hybridized carbons (Fsp3) is 0.158. The van der Waals surface area contributed by atoms with Gasteiger partial charge < -0.3 is 5.11 Å². The van der Waals surface area contributed by atoms with Crippen LogP contribution in [0.3, 0.4) is 0 Å². The van der Waals surface area contributed by atoms with Gasteiger partial charge in [-0.05, 0) is 61.2 Å². The van der Waals surface area contributed by atoms with E-state index in [1.54, 1.807) is 23.5 Å². The van der Waals surface area contributed by atoms with Gasteiger partial charge >= 0.3 is 5.97 Å². The van der Waals surface area contributed by atoms with Gasteiger partial charge in [-0.25, -0.2) is 9.78 Å². The summed E-state index contributed by atoms with van der Waals surface area (Å²) in [4.78, 5) is 16.7. The standard InChI is InChI=1S/C19H17NO2S/c1-11-8-16(14-4-6-15(7-5-14)19(21)22)10-17(9-11)18-12(2)20-13(3)23-18/h4-10H,1-3H3,(H,21,22). The highest BCUT2D eigenvalue weighted by atomic mass is 32.1. The molecular formula is C19H17NO2S. The van der Waals surface area contributed by atoms with Crippen molar-refractivity contribution >= 4 is 17.3 Å². The van der Waals surface area contributed by atoms with Gasteiger partial charge in [0, 0.05) is 0 Å². The van der Waals surface area contributed by atoms with Gasteiger partial charge in [-0.1, -0.05) is 24.3 Å². The van der Waals surface area contributed by atoms with Crippen LogP contribution in [0.2, 0.25) is 0 Å². The zero-order valence-electron chi connectivity index (χ0n) is 13.3. The molecule has 0 saturated heterocycles. The third-order valence-corrected chi connectivity index (χ3v) is 4.83. The van der Waals surface area contributed by atoms with Crippen molar-refractivity contribution < 1.29 is 9.90 Å². The molecule has 1 N–H and O–H groups in total. The van der Waals surface area contributed by atoms with E-state index in [2.05, 4.69) is 30.1 Å². The van der Waals surface area contributed by atoms with Crippen LogP contribution in [0.15, 0.2) is 42.5 Å². The van der Waals surface area contributed by atoms with Crippen LogP contribution in [0.25, 0.3) is 21.6 Å². The minimum Gasteiger partial charge on any atom is -0.478 e. The minimum atomic E-state index is -0.905. The van der Waals surface area contributed by atoms with Crippen LogP contribution in [0.1, 0.15) is 26.6 Å². The van der Waals surface area contributed by atoms with Crippen molar-refractivity contribution in [1.82, 2.24) is 4.98 Å². The second kappa shape index (κ2) is 5.97. The number of hydrogen-bond donors (Lipinski definition) is 1. The molecule has 0 aliphatic heterocycles. The largest absolute Gasteiger partial charge is 0.478 e. The average Bonchev–Trinajstić information content (AvgIpc) is 2.85. The second-order valence-electron chi connectivity index (χ2n) is 5.62. The molecule has 3 nitrogen and oxygen atoms in total. The number of aromatic nitrogens is 1. The summed E-state index contributed by atoms with van der Waals surface area (Å²) in [5.74, 6) is -0.905. The van der Waals surface area contributed by atoms with Crippen molar-refractivity contribution in [1.29, 1.82) is 0 Å². The number of benzene rings is 2. The number of rotatable bonds is 3. The molecule has 2 aromatic carbocycles. The highest BCUT2D eigenvalue weighted by molar-refractivity contribution is 7.15. The van der Waals surface area contributed by atoms with Crippen molar-refractivity contribution in [2.75, 3.05) is 0 Å². The third-order valence-electron chi connectivity index (χ3n) is 3.71. The lowest BCUT2D eigenvalue weighted by Gasteiger charge is -2.08. The number of thiazole rings is 1. The molecular weight excluding hydrogens is 306 g/mol. The number of nitrogens with zero attached hydrogens (tertiary/aromatic N) is 1. The highest BCUT2D eigenvalue weighted by Crippen LogP contribution is 2.33. The molecule has 3 rings (SSSR count). The molecule has 116 valence electrons. The normalized spacial score (nSPS) is 10.7. The van der Waals surface area contributed by atoms with Gasteiger partial charge in [0.2, 0.25) is 0 Å². The number of carboxylic acid groups (broad SMARTS) is 1. The Morgan fingerprint density at radius 1 is 0.957 bits per heavy atom. The molecule has 1 aromatic heterocycles. The van der Waals surface area contributed by atoms with Crippen LogP contribution in [-0.4, -0.2) is 16.1 Å². The molecule has 1 heterocycles. The molecule has 0 fully saturated rings. The van der Waals surface area contributed by atoms with Crippen LogP contribution in [0.5, 0.6) is 0 Å². The molecule has 0 saturated carbocycles. The molecule has 0 spiro atoms. The average molecular weight is 323 g/mol. The number of aromatic carboxylic acids is 1. The molecule has 23 heavy (non-hydrogen) atoms. The van der Waals surface area contributed by atoms with Gasteiger partial charge in [0.15, 0.2) is 0 Å². The Kier molecular flexibility index (Phi) is 4.01. The zero-order chi connectivity index (χ0) is 16.6. The molecule has 0 unspecified atom stereocenters. The topological polar surface area (TPSA) is 50.2 Å². The maximum Gasteiger partial charge on any atom is 0.335 e. The quantitative estimate of drug-likeness (QED) is 0.729. The second-order valence-corrected chi connectivity index (χ2v) is 6.82. The van der Waals surface area contributed by atoms with Crippen molar-refractivity contribution in [3.63, 3.8) is 0 Å². The molecule has 0 amide bonds. The Hall–Kier alpha value is -2.46. The molecule has 0 atom stereocenters. The maximum atomic E-state index is 11.0. The summed E-state index contributed by atoms with van der Waals surface area (Å²) < 4.78 is 0. The summed E-state index contributed by atoms with van der Waals surface area (Å²) in [5, 5.41) is 10.1. The zero-order valence-corrected chi connectivity index (χ0v) is 14.1. The van der Waals surface area contributed by atoms with E-state index >= 15 is 0 Å². The molecule has 4 heteroatoms. The summed E-state index contributed by atoms with van der Waals surface area (Å²) in [5.41, 5.74) is 5.78. The lowest BCUT2D eigenvalue weighted by Crippen LogP contribution is -1.95. The number of carboxylic acids is 1. The van der Waals surface area contributed by atoms with Crippen molar-refractivity contribution in [3.8, 4) is 21.6 Å². The van der Waals surface area contributed by atoms with E-state index in [0.29, 0.717) is 5.56 Å². The Bertz CT molecular complexity index is 879. The SMILES string of the molecule is Cc1cc(-c2ccc(C(=O)O)cc2)cc(-c2sc(C)nc2C)c1. The van der Waals surface area contributed by atoms with Gasteiger partial charge in [0.25, 0.3) is 0 Å².